The first-order valence-corrected chi connectivity index (χ1v) is 7.80. The van der Waals surface area contributed by atoms with Crippen LogP contribution in [0.5, 0.6) is 5.75 Å². The van der Waals surface area contributed by atoms with E-state index in [0.29, 0.717) is 5.56 Å². The van der Waals surface area contributed by atoms with E-state index in [2.05, 4.69) is 6.92 Å². The third-order valence-corrected chi connectivity index (χ3v) is 3.38. The SMILES string of the molecule is CCCCCOc1ccc(C(=O)/C=C/c2ccccc2)cc1. The monoisotopic (exact) mass is 294 g/mol. The summed E-state index contributed by atoms with van der Waals surface area (Å²) in [5.41, 5.74) is 1.69. The smallest absolute Gasteiger partial charge is 0.185 e. The first-order valence-electron chi connectivity index (χ1n) is 7.80. The van der Waals surface area contributed by atoms with Crippen molar-refractivity contribution in [3.63, 3.8) is 0 Å². The Labute approximate surface area is 132 Å². The molecule has 0 saturated heterocycles. The van der Waals surface area contributed by atoms with Gasteiger partial charge in [-0.1, -0.05) is 56.2 Å². The standard InChI is InChI=1S/C20H22O2/c1-2-3-7-16-22-19-13-11-18(12-14-19)20(21)15-10-17-8-5-4-6-9-17/h4-6,8-15H,2-3,7,16H2,1H3/b15-10+. The van der Waals surface area contributed by atoms with Crippen LogP contribution in [0.3, 0.4) is 0 Å². The van der Waals surface area contributed by atoms with Gasteiger partial charge in [-0.3, -0.25) is 4.79 Å². The summed E-state index contributed by atoms with van der Waals surface area (Å²) in [5.74, 6) is 0.820. The number of ether oxygens (including phenoxy) is 1. The Balaban J connectivity index is 1.89. The largest absolute Gasteiger partial charge is 0.494 e. The van der Waals surface area contributed by atoms with E-state index in [1.807, 2.05) is 60.7 Å². The average molecular weight is 294 g/mol. The van der Waals surface area contributed by atoms with Crippen molar-refractivity contribution < 1.29 is 9.53 Å². The van der Waals surface area contributed by atoms with Crippen LogP contribution in [0.1, 0.15) is 42.1 Å². The highest BCUT2D eigenvalue weighted by Crippen LogP contribution is 2.14. The normalized spacial score (nSPS) is 10.8. The molecule has 2 rings (SSSR count). The van der Waals surface area contributed by atoms with E-state index in [9.17, 15) is 4.79 Å². The summed E-state index contributed by atoms with van der Waals surface area (Å²) in [6.07, 6.45) is 6.87. The molecule has 0 unspecified atom stereocenters. The molecule has 2 aromatic carbocycles. The molecule has 0 aliphatic rings. The Morgan fingerprint density at radius 2 is 1.73 bits per heavy atom. The summed E-state index contributed by atoms with van der Waals surface area (Å²) in [4.78, 5) is 12.1. The van der Waals surface area contributed by atoms with Crippen LogP contribution in [-0.2, 0) is 0 Å². The lowest BCUT2D eigenvalue weighted by molar-refractivity contribution is 0.104. The summed E-state index contributed by atoms with van der Waals surface area (Å²) in [7, 11) is 0. The van der Waals surface area contributed by atoms with Crippen molar-refractivity contribution >= 4 is 11.9 Å². The summed E-state index contributed by atoms with van der Waals surface area (Å²) in [6.45, 7) is 2.90. The van der Waals surface area contributed by atoms with Crippen molar-refractivity contribution in [3.05, 3.63) is 71.8 Å². The molecule has 0 fully saturated rings. The molecule has 0 heterocycles. The van der Waals surface area contributed by atoms with Crippen LogP contribution in [-0.4, -0.2) is 12.4 Å². The molecular formula is C20H22O2. The molecular weight excluding hydrogens is 272 g/mol. The number of carbonyl (C=O) groups excluding carboxylic acids is 1. The van der Waals surface area contributed by atoms with Gasteiger partial charge in [0.25, 0.3) is 0 Å². The van der Waals surface area contributed by atoms with Gasteiger partial charge < -0.3 is 4.74 Å². The molecule has 2 aromatic rings. The maximum Gasteiger partial charge on any atom is 0.185 e. The van der Waals surface area contributed by atoms with Gasteiger partial charge >= 0.3 is 0 Å². The number of benzene rings is 2. The highest BCUT2D eigenvalue weighted by atomic mass is 16.5. The number of rotatable bonds is 8. The fourth-order valence-corrected chi connectivity index (χ4v) is 2.09. The van der Waals surface area contributed by atoms with Crippen LogP contribution in [0.15, 0.2) is 60.7 Å². The van der Waals surface area contributed by atoms with E-state index in [1.54, 1.807) is 6.08 Å². The highest BCUT2D eigenvalue weighted by Gasteiger charge is 2.02. The molecule has 0 aliphatic heterocycles. The molecule has 0 atom stereocenters. The number of hydrogen-bond acceptors (Lipinski definition) is 2. The first kappa shape index (κ1) is 16.0. The Bertz CT molecular complexity index is 597. The van der Waals surface area contributed by atoms with Gasteiger partial charge in [-0.2, -0.15) is 0 Å². The summed E-state index contributed by atoms with van der Waals surface area (Å²) in [6, 6.07) is 17.1. The van der Waals surface area contributed by atoms with Crippen LogP contribution in [0.25, 0.3) is 6.08 Å². The van der Waals surface area contributed by atoms with Gasteiger partial charge in [0.15, 0.2) is 5.78 Å². The number of ketones is 1. The number of carbonyl (C=O) groups is 1. The molecule has 2 nitrogen and oxygen atoms in total. The van der Waals surface area contributed by atoms with Gasteiger partial charge in [0, 0.05) is 5.56 Å². The molecule has 0 aromatic heterocycles. The van der Waals surface area contributed by atoms with E-state index in [0.717, 1.165) is 24.3 Å². The molecule has 0 spiro atoms. The maximum atomic E-state index is 12.1. The van der Waals surface area contributed by atoms with Gasteiger partial charge in [0.2, 0.25) is 0 Å². The third kappa shape index (κ3) is 5.21. The lowest BCUT2D eigenvalue weighted by Crippen LogP contribution is -1.98. The lowest BCUT2D eigenvalue weighted by Gasteiger charge is -2.05. The molecule has 0 amide bonds. The van der Waals surface area contributed by atoms with Crippen molar-refractivity contribution in [3.8, 4) is 5.75 Å². The molecule has 0 saturated carbocycles. The third-order valence-electron chi connectivity index (χ3n) is 3.38. The Kier molecular flexibility index (Phi) is 6.43. The summed E-state index contributed by atoms with van der Waals surface area (Å²) < 4.78 is 5.64. The zero-order valence-electron chi connectivity index (χ0n) is 13.0. The first-order chi connectivity index (χ1) is 10.8. The van der Waals surface area contributed by atoms with Crippen LogP contribution in [0, 0.1) is 0 Å². The van der Waals surface area contributed by atoms with Crippen molar-refractivity contribution in [1.29, 1.82) is 0 Å². The second kappa shape index (κ2) is 8.83. The molecule has 2 heteroatoms. The van der Waals surface area contributed by atoms with E-state index in [1.165, 1.54) is 12.8 Å². The number of unbranched alkanes of at least 4 members (excludes halogenated alkanes) is 2. The van der Waals surface area contributed by atoms with Gasteiger partial charge in [0.1, 0.15) is 5.75 Å². The molecule has 0 bridgehead atoms. The minimum Gasteiger partial charge on any atom is -0.494 e. The van der Waals surface area contributed by atoms with Crippen LogP contribution in [0.2, 0.25) is 0 Å². The van der Waals surface area contributed by atoms with Crippen LogP contribution in [0.4, 0.5) is 0 Å². The fraction of sp³-hybridized carbons (Fsp3) is 0.250. The van der Waals surface area contributed by atoms with Crippen LogP contribution >= 0.6 is 0 Å². The quantitative estimate of drug-likeness (QED) is 0.382. The van der Waals surface area contributed by atoms with Crippen molar-refractivity contribution in [1.82, 2.24) is 0 Å². The van der Waals surface area contributed by atoms with Gasteiger partial charge in [-0.15, -0.1) is 0 Å². The van der Waals surface area contributed by atoms with Crippen molar-refractivity contribution in [2.24, 2.45) is 0 Å². The van der Waals surface area contributed by atoms with E-state index < -0.39 is 0 Å². The topological polar surface area (TPSA) is 26.3 Å². The fourth-order valence-electron chi connectivity index (χ4n) is 2.09. The second-order valence-corrected chi connectivity index (χ2v) is 5.19. The summed E-state index contributed by atoms with van der Waals surface area (Å²) in [5, 5.41) is 0. The predicted molar refractivity (Wildman–Crippen MR) is 91.3 cm³/mol. The van der Waals surface area contributed by atoms with Gasteiger partial charge in [-0.25, -0.2) is 0 Å². The molecule has 0 radical (unpaired) electrons. The molecule has 0 N–H and O–H groups in total. The lowest BCUT2D eigenvalue weighted by atomic mass is 10.1. The minimum absolute atomic E-state index is 0.00128. The van der Waals surface area contributed by atoms with Crippen molar-refractivity contribution in [2.45, 2.75) is 26.2 Å². The number of hydrogen-bond donors (Lipinski definition) is 0. The maximum absolute atomic E-state index is 12.1. The predicted octanol–water partition coefficient (Wildman–Crippen LogP) is 5.15. The zero-order valence-corrected chi connectivity index (χ0v) is 13.0. The minimum atomic E-state index is 0.00128. The Morgan fingerprint density at radius 1 is 1.00 bits per heavy atom. The van der Waals surface area contributed by atoms with E-state index in [-0.39, 0.29) is 5.78 Å². The average Bonchev–Trinajstić information content (AvgIpc) is 2.58. The summed E-state index contributed by atoms with van der Waals surface area (Å²) >= 11 is 0. The highest BCUT2D eigenvalue weighted by molar-refractivity contribution is 6.06. The Hall–Kier alpha value is -2.35. The van der Waals surface area contributed by atoms with Gasteiger partial charge in [-0.05, 0) is 42.3 Å². The Morgan fingerprint density at radius 3 is 2.41 bits per heavy atom. The molecule has 22 heavy (non-hydrogen) atoms. The molecule has 114 valence electrons. The second-order valence-electron chi connectivity index (χ2n) is 5.19. The number of allylic oxidation sites excluding steroid dienone is 1. The van der Waals surface area contributed by atoms with Crippen molar-refractivity contribution in [2.75, 3.05) is 6.61 Å². The van der Waals surface area contributed by atoms with Crippen LogP contribution < -0.4 is 4.74 Å². The van der Waals surface area contributed by atoms with Gasteiger partial charge in [0.05, 0.1) is 6.61 Å². The molecule has 0 aliphatic carbocycles. The zero-order chi connectivity index (χ0) is 15.6. The van der Waals surface area contributed by atoms with E-state index >= 15 is 0 Å². The van der Waals surface area contributed by atoms with E-state index in [4.69, 9.17) is 4.74 Å².